The van der Waals surface area contributed by atoms with Gasteiger partial charge in [-0.25, -0.2) is 0 Å². The van der Waals surface area contributed by atoms with Gasteiger partial charge in [-0.2, -0.15) is 0 Å². The SMILES string of the molecule is CCCNC(c1ccc(Oc2ccccc2)cc1)C(C)C. The molecular weight excluding hydrogens is 258 g/mol. The summed E-state index contributed by atoms with van der Waals surface area (Å²) in [7, 11) is 0. The van der Waals surface area contributed by atoms with Gasteiger partial charge >= 0.3 is 0 Å². The molecule has 2 aromatic rings. The first-order chi connectivity index (χ1) is 10.2. The van der Waals surface area contributed by atoms with Gasteiger partial charge in [-0.1, -0.05) is 51.1 Å². The van der Waals surface area contributed by atoms with E-state index in [9.17, 15) is 0 Å². The lowest BCUT2D eigenvalue weighted by Crippen LogP contribution is -2.26. The second kappa shape index (κ2) is 7.84. The van der Waals surface area contributed by atoms with E-state index < -0.39 is 0 Å². The molecule has 0 aliphatic rings. The monoisotopic (exact) mass is 283 g/mol. The van der Waals surface area contributed by atoms with E-state index in [1.54, 1.807) is 0 Å². The molecule has 1 unspecified atom stereocenters. The molecule has 2 heteroatoms. The maximum absolute atomic E-state index is 5.83. The second-order valence-corrected chi connectivity index (χ2v) is 5.66. The third-order valence-electron chi connectivity index (χ3n) is 3.50. The summed E-state index contributed by atoms with van der Waals surface area (Å²) in [5, 5.41) is 3.61. The Bertz CT molecular complexity index is 519. The lowest BCUT2D eigenvalue weighted by Gasteiger charge is -2.23. The molecule has 0 amide bonds. The van der Waals surface area contributed by atoms with Crippen molar-refractivity contribution in [1.82, 2.24) is 5.32 Å². The van der Waals surface area contributed by atoms with E-state index in [1.165, 1.54) is 5.56 Å². The Labute approximate surface area is 128 Å². The van der Waals surface area contributed by atoms with E-state index in [4.69, 9.17) is 4.74 Å². The predicted octanol–water partition coefficient (Wildman–Crippen LogP) is 5.18. The van der Waals surface area contributed by atoms with Crippen molar-refractivity contribution in [2.45, 2.75) is 33.2 Å². The van der Waals surface area contributed by atoms with Crippen LogP contribution in [0.25, 0.3) is 0 Å². The highest BCUT2D eigenvalue weighted by molar-refractivity contribution is 5.34. The predicted molar refractivity (Wildman–Crippen MR) is 88.8 cm³/mol. The Kier molecular flexibility index (Phi) is 5.82. The Morgan fingerprint density at radius 2 is 1.52 bits per heavy atom. The van der Waals surface area contributed by atoms with Gasteiger partial charge in [-0.15, -0.1) is 0 Å². The van der Waals surface area contributed by atoms with Gasteiger partial charge in [0.25, 0.3) is 0 Å². The van der Waals surface area contributed by atoms with Crippen LogP contribution in [0, 0.1) is 5.92 Å². The van der Waals surface area contributed by atoms with Crippen LogP contribution in [0.15, 0.2) is 54.6 Å². The van der Waals surface area contributed by atoms with Crippen LogP contribution in [0.2, 0.25) is 0 Å². The van der Waals surface area contributed by atoms with E-state index in [0.717, 1.165) is 24.5 Å². The van der Waals surface area contributed by atoms with Crippen LogP contribution in [0.5, 0.6) is 11.5 Å². The second-order valence-electron chi connectivity index (χ2n) is 5.66. The van der Waals surface area contributed by atoms with Crippen LogP contribution >= 0.6 is 0 Å². The van der Waals surface area contributed by atoms with E-state index in [2.05, 4.69) is 38.2 Å². The standard InChI is InChI=1S/C19H25NO/c1-4-14-20-19(15(2)3)16-10-12-18(13-11-16)21-17-8-6-5-7-9-17/h5-13,15,19-20H,4,14H2,1-3H3. The molecule has 0 saturated heterocycles. The van der Waals surface area contributed by atoms with Crippen LogP contribution in [0.3, 0.4) is 0 Å². The number of hydrogen-bond acceptors (Lipinski definition) is 2. The van der Waals surface area contributed by atoms with Gasteiger partial charge in [0.05, 0.1) is 0 Å². The number of rotatable bonds is 7. The van der Waals surface area contributed by atoms with E-state index >= 15 is 0 Å². The molecule has 2 rings (SSSR count). The number of benzene rings is 2. The van der Waals surface area contributed by atoms with Crippen LogP contribution in [0.4, 0.5) is 0 Å². The van der Waals surface area contributed by atoms with Gasteiger partial charge in [0.2, 0.25) is 0 Å². The average Bonchev–Trinajstić information content (AvgIpc) is 2.50. The molecule has 21 heavy (non-hydrogen) atoms. The summed E-state index contributed by atoms with van der Waals surface area (Å²) in [5.74, 6) is 2.31. The molecule has 0 aromatic heterocycles. The molecule has 0 radical (unpaired) electrons. The molecule has 0 saturated carbocycles. The summed E-state index contributed by atoms with van der Waals surface area (Å²) in [5.41, 5.74) is 1.32. The molecule has 1 N–H and O–H groups in total. The molecule has 0 spiro atoms. The van der Waals surface area contributed by atoms with Gasteiger partial charge in [-0.3, -0.25) is 0 Å². The van der Waals surface area contributed by atoms with Crippen LogP contribution in [-0.2, 0) is 0 Å². The molecule has 0 bridgehead atoms. The van der Waals surface area contributed by atoms with Gasteiger partial charge in [-0.05, 0) is 48.7 Å². The highest BCUT2D eigenvalue weighted by Crippen LogP contribution is 2.26. The minimum absolute atomic E-state index is 0.399. The smallest absolute Gasteiger partial charge is 0.127 e. The summed E-state index contributed by atoms with van der Waals surface area (Å²) < 4.78 is 5.83. The molecule has 2 aromatic carbocycles. The summed E-state index contributed by atoms with van der Waals surface area (Å²) in [6, 6.07) is 18.7. The minimum atomic E-state index is 0.399. The average molecular weight is 283 g/mol. The highest BCUT2D eigenvalue weighted by Gasteiger charge is 2.14. The van der Waals surface area contributed by atoms with Crippen molar-refractivity contribution in [2.75, 3.05) is 6.54 Å². The molecule has 112 valence electrons. The molecule has 0 heterocycles. The Morgan fingerprint density at radius 1 is 0.905 bits per heavy atom. The quantitative estimate of drug-likeness (QED) is 0.756. The van der Waals surface area contributed by atoms with Crippen molar-refractivity contribution in [3.05, 3.63) is 60.2 Å². The van der Waals surface area contributed by atoms with E-state index in [-0.39, 0.29) is 0 Å². The van der Waals surface area contributed by atoms with Crippen LogP contribution in [-0.4, -0.2) is 6.54 Å². The zero-order chi connectivity index (χ0) is 15.1. The first kappa shape index (κ1) is 15.6. The molecule has 2 nitrogen and oxygen atoms in total. The Morgan fingerprint density at radius 3 is 2.10 bits per heavy atom. The summed E-state index contributed by atoms with van der Waals surface area (Å²) in [4.78, 5) is 0. The van der Waals surface area contributed by atoms with Crippen LogP contribution < -0.4 is 10.1 Å². The highest BCUT2D eigenvalue weighted by atomic mass is 16.5. The maximum Gasteiger partial charge on any atom is 0.127 e. The minimum Gasteiger partial charge on any atom is -0.457 e. The molecular formula is C19H25NO. The fourth-order valence-electron chi connectivity index (χ4n) is 2.41. The van der Waals surface area contributed by atoms with Crippen LogP contribution in [0.1, 0.15) is 38.8 Å². The summed E-state index contributed by atoms with van der Waals surface area (Å²) in [6.45, 7) is 7.75. The van der Waals surface area contributed by atoms with Gasteiger partial charge in [0.1, 0.15) is 11.5 Å². The van der Waals surface area contributed by atoms with Gasteiger partial charge in [0.15, 0.2) is 0 Å². The Hall–Kier alpha value is -1.80. The summed E-state index contributed by atoms with van der Waals surface area (Å²) in [6.07, 6.45) is 1.15. The van der Waals surface area contributed by atoms with Gasteiger partial charge < -0.3 is 10.1 Å². The first-order valence-corrected chi connectivity index (χ1v) is 7.77. The Balaban J connectivity index is 2.06. The fourth-order valence-corrected chi connectivity index (χ4v) is 2.41. The van der Waals surface area contributed by atoms with Crippen molar-refractivity contribution in [3.63, 3.8) is 0 Å². The molecule has 0 fully saturated rings. The molecule has 1 atom stereocenters. The van der Waals surface area contributed by atoms with E-state index in [1.807, 2.05) is 42.5 Å². The summed E-state index contributed by atoms with van der Waals surface area (Å²) >= 11 is 0. The first-order valence-electron chi connectivity index (χ1n) is 7.77. The number of ether oxygens (including phenoxy) is 1. The third kappa shape index (κ3) is 4.61. The number of hydrogen-bond donors (Lipinski definition) is 1. The zero-order valence-corrected chi connectivity index (χ0v) is 13.2. The topological polar surface area (TPSA) is 21.3 Å². The zero-order valence-electron chi connectivity index (χ0n) is 13.2. The third-order valence-corrected chi connectivity index (χ3v) is 3.50. The van der Waals surface area contributed by atoms with Crippen molar-refractivity contribution < 1.29 is 4.74 Å². The molecule has 0 aliphatic carbocycles. The lowest BCUT2D eigenvalue weighted by molar-refractivity contribution is 0.412. The van der Waals surface area contributed by atoms with Crippen molar-refractivity contribution in [3.8, 4) is 11.5 Å². The number of para-hydroxylation sites is 1. The van der Waals surface area contributed by atoms with Crippen molar-refractivity contribution in [1.29, 1.82) is 0 Å². The normalized spacial score (nSPS) is 12.4. The maximum atomic E-state index is 5.83. The van der Waals surface area contributed by atoms with Crippen molar-refractivity contribution in [2.24, 2.45) is 5.92 Å². The number of nitrogens with one attached hydrogen (secondary N) is 1. The lowest BCUT2D eigenvalue weighted by atomic mass is 9.96. The fraction of sp³-hybridized carbons (Fsp3) is 0.368. The molecule has 0 aliphatic heterocycles. The van der Waals surface area contributed by atoms with Gasteiger partial charge in [0, 0.05) is 6.04 Å². The largest absolute Gasteiger partial charge is 0.457 e. The van der Waals surface area contributed by atoms with Crippen molar-refractivity contribution >= 4 is 0 Å². The van der Waals surface area contributed by atoms with E-state index in [0.29, 0.717) is 12.0 Å².